The lowest BCUT2D eigenvalue weighted by Gasteiger charge is -2.22. The van der Waals surface area contributed by atoms with Gasteiger partial charge in [0.15, 0.2) is 5.82 Å². The second kappa shape index (κ2) is 8.65. The standard InChI is InChI=1S/C15H16N8O.CH2O2/c24-15(12-3-4-13-19-9-21-22(13)7-12)18-6-11-2-1-5-17-14(11)23-10-16-8-20-23;2-1-3/h1-2,5,8-10,12H,3-4,6-7H2,(H,18,24);1H,(H,2,3). The van der Waals surface area contributed by atoms with Crippen molar-refractivity contribution >= 4 is 12.4 Å². The number of nitrogens with zero attached hydrogens (tertiary/aromatic N) is 7. The first kappa shape index (κ1) is 18.2. The molecule has 11 heteroatoms. The molecule has 140 valence electrons. The molecule has 1 amide bonds. The van der Waals surface area contributed by atoms with Gasteiger partial charge < -0.3 is 10.4 Å². The smallest absolute Gasteiger partial charge is 0.290 e. The summed E-state index contributed by atoms with van der Waals surface area (Å²) in [4.78, 5) is 33.3. The van der Waals surface area contributed by atoms with Gasteiger partial charge in [-0.15, -0.1) is 0 Å². The van der Waals surface area contributed by atoms with E-state index in [4.69, 9.17) is 9.90 Å². The van der Waals surface area contributed by atoms with E-state index in [-0.39, 0.29) is 18.3 Å². The minimum absolute atomic E-state index is 0.0181. The Morgan fingerprint density at radius 2 is 2.19 bits per heavy atom. The molecule has 0 saturated heterocycles. The zero-order valence-corrected chi connectivity index (χ0v) is 14.3. The number of carboxylic acid groups (broad SMARTS) is 1. The molecule has 0 radical (unpaired) electrons. The summed E-state index contributed by atoms with van der Waals surface area (Å²) in [5.74, 6) is 1.53. The molecule has 0 bridgehead atoms. The Kier molecular flexibility index (Phi) is 5.82. The van der Waals surface area contributed by atoms with Crippen molar-refractivity contribution in [1.29, 1.82) is 0 Å². The molecule has 27 heavy (non-hydrogen) atoms. The molecule has 4 heterocycles. The Bertz CT molecular complexity index is 893. The van der Waals surface area contributed by atoms with Gasteiger partial charge in [0.25, 0.3) is 6.47 Å². The highest BCUT2D eigenvalue weighted by atomic mass is 16.3. The van der Waals surface area contributed by atoms with Crippen molar-refractivity contribution in [2.75, 3.05) is 0 Å². The van der Waals surface area contributed by atoms with Gasteiger partial charge in [-0.2, -0.15) is 10.2 Å². The molecule has 2 N–H and O–H groups in total. The fraction of sp³-hybridized carbons (Fsp3) is 0.312. The Labute approximate surface area is 154 Å². The van der Waals surface area contributed by atoms with E-state index in [2.05, 4.69) is 30.5 Å². The molecule has 11 nitrogen and oxygen atoms in total. The van der Waals surface area contributed by atoms with Gasteiger partial charge in [-0.3, -0.25) is 9.59 Å². The lowest BCUT2D eigenvalue weighted by Crippen LogP contribution is -2.36. The van der Waals surface area contributed by atoms with Crippen LogP contribution in [0.15, 0.2) is 37.3 Å². The fourth-order valence-electron chi connectivity index (χ4n) is 2.87. The summed E-state index contributed by atoms with van der Waals surface area (Å²) < 4.78 is 3.39. The summed E-state index contributed by atoms with van der Waals surface area (Å²) in [5, 5.41) is 18.1. The molecule has 0 spiro atoms. The Morgan fingerprint density at radius 3 is 2.96 bits per heavy atom. The average molecular weight is 370 g/mol. The highest BCUT2D eigenvalue weighted by Gasteiger charge is 2.25. The maximum atomic E-state index is 12.5. The van der Waals surface area contributed by atoms with Crippen molar-refractivity contribution in [3.8, 4) is 5.82 Å². The monoisotopic (exact) mass is 370 g/mol. The fourth-order valence-corrected chi connectivity index (χ4v) is 2.87. The summed E-state index contributed by atoms with van der Waals surface area (Å²) in [6, 6.07) is 3.75. The first-order valence-corrected chi connectivity index (χ1v) is 8.24. The van der Waals surface area contributed by atoms with Crippen molar-refractivity contribution in [2.24, 2.45) is 5.92 Å². The molecule has 0 aromatic carbocycles. The zero-order chi connectivity index (χ0) is 19.1. The largest absolute Gasteiger partial charge is 0.483 e. The van der Waals surface area contributed by atoms with Gasteiger partial charge in [0.1, 0.15) is 24.8 Å². The van der Waals surface area contributed by atoms with Crippen LogP contribution in [0.2, 0.25) is 0 Å². The van der Waals surface area contributed by atoms with Gasteiger partial charge >= 0.3 is 0 Å². The summed E-state index contributed by atoms with van der Waals surface area (Å²) >= 11 is 0. The molecule has 0 fully saturated rings. The van der Waals surface area contributed by atoms with E-state index in [1.165, 1.54) is 12.7 Å². The number of fused-ring (bicyclic) bond motifs is 1. The molecule has 0 saturated carbocycles. The third-order valence-corrected chi connectivity index (χ3v) is 4.13. The number of pyridine rings is 1. The van der Waals surface area contributed by atoms with Crippen LogP contribution in [0.3, 0.4) is 0 Å². The van der Waals surface area contributed by atoms with E-state index in [0.29, 0.717) is 18.9 Å². The molecule has 4 rings (SSSR count). The zero-order valence-electron chi connectivity index (χ0n) is 14.3. The summed E-state index contributed by atoms with van der Waals surface area (Å²) in [6.07, 6.45) is 7.82. The van der Waals surface area contributed by atoms with Crippen LogP contribution < -0.4 is 5.32 Å². The van der Waals surface area contributed by atoms with E-state index < -0.39 is 0 Å². The molecule has 1 atom stereocenters. The first-order chi connectivity index (χ1) is 13.2. The quantitative estimate of drug-likeness (QED) is 0.603. The molecule has 1 aliphatic heterocycles. The van der Waals surface area contributed by atoms with Crippen LogP contribution in [0.1, 0.15) is 17.8 Å². The van der Waals surface area contributed by atoms with Crippen molar-refractivity contribution in [2.45, 2.75) is 25.9 Å². The Morgan fingerprint density at radius 1 is 1.33 bits per heavy atom. The van der Waals surface area contributed by atoms with Crippen LogP contribution >= 0.6 is 0 Å². The van der Waals surface area contributed by atoms with Gasteiger partial charge in [-0.25, -0.2) is 24.3 Å². The SMILES string of the molecule is O=C(NCc1cccnc1-n1cncn1)C1CCc2ncnn2C1.O=CO. The number of aryl methyl sites for hydroxylation is 1. The predicted molar refractivity (Wildman–Crippen MR) is 91.5 cm³/mol. The molecule has 0 aliphatic carbocycles. The van der Waals surface area contributed by atoms with Crippen LogP contribution in [0, 0.1) is 5.92 Å². The first-order valence-electron chi connectivity index (χ1n) is 8.24. The maximum Gasteiger partial charge on any atom is 0.290 e. The van der Waals surface area contributed by atoms with Gasteiger partial charge in [0.2, 0.25) is 5.91 Å². The van der Waals surface area contributed by atoms with E-state index >= 15 is 0 Å². The van der Waals surface area contributed by atoms with E-state index in [1.54, 1.807) is 21.9 Å². The van der Waals surface area contributed by atoms with Crippen LogP contribution in [-0.4, -0.2) is 52.0 Å². The van der Waals surface area contributed by atoms with Crippen LogP contribution in [0.25, 0.3) is 5.82 Å². The normalized spacial score (nSPS) is 15.2. The minimum atomic E-state index is -0.250. The summed E-state index contributed by atoms with van der Waals surface area (Å²) in [7, 11) is 0. The average Bonchev–Trinajstić information content (AvgIpc) is 3.38. The van der Waals surface area contributed by atoms with Crippen molar-refractivity contribution in [3.05, 3.63) is 48.7 Å². The third-order valence-electron chi connectivity index (χ3n) is 4.13. The molecule has 1 aliphatic rings. The van der Waals surface area contributed by atoms with E-state index in [0.717, 1.165) is 24.2 Å². The summed E-state index contributed by atoms with van der Waals surface area (Å²) in [6.45, 7) is 0.715. The van der Waals surface area contributed by atoms with E-state index in [1.807, 2.05) is 12.1 Å². The number of hydrogen-bond donors (Lipinski definition) is 2. The van der Waals surface area contributed by atoms with E-state index in [9.17, 15) is 4.79 Å². The highest BCUT2D eigenvalue weighted by molar-refractivity contribution is 5.78. The van der Waals surface area contributed by atoms with Crippen molar-refractivity contribution < 1.29 is 14.7 Å². The van der Waals surface area contributed by atoms with Crippen LogP contribution in [0.5, 0.6) is 0 Å². The second-order valence-electron chi connectivity index (χ2n) is 5.74. The molecular weight excluding hydrogens is 352 g/mol. The number of amides is 1. The van der Waals surface area contributed by atoms with Gasteiger partial charge in [-0.05, 0) is 12.5 Å². The molecule has 3 aromatic rings. The second-order valence-corrected chi connectivity index (χ2v) is 5.74. The molecule has 1 unspecified atom stereocenters. The molecule has 3 aromatic heterocycles. The Balaban J connectivity index is 0.000000659. The molecular formula is C16H18N8O3. The number of hydrogen-bond acceptors (Lipinski definition) is 7. The number of carbonyl (C=O) groups is 2. The number of nitrogens with one attached hydrogen (secondary N) is 1. The lowest BCUT2D eigenvalue weighted by atomic mass is 9.99. The topological polar surface area (TPSA) is 141 Å². The lowest BCUT2D eigenvalue weighted by molar-refractivity contribution is -0.126. The van der Waals surface area contributed by atoms with Crippen LogP contribution in [0.4, 0.5) is 0 Å². The van der Waals surface area contributed by atoms with Gasteiger partial charge in [0, 0.05) is 24.7 Å². The third kappa shape index (κ3) is 4.32. The van der Waals surface area contributed by atoms with Gasteiger partial charge in [0.05, 0.1) is 12.5 Å². The number of rotatable bonds is 4. The van der Waals surface area contributed by atoms with Gasteiger partial charge in [-0.1, -0.05) is 6.07 Å². The summed E-state index contributed by atoms with van der Waals surface area (Å²) in [5.41, 5.74) is 0.883. The maximum absolute atomic E-state index is 12.5. The highest BCUT2D eigenvalue weighted by Crippen LogP contribution is 2.18. The number of carbonyl (C=O) groups excluding carboxylic acids is 1. The van der Waals surface area contributed by atoms with Crippen molar-refractivity contribution in [3.63, 3.8) is 0 Å². The van der Waals surface area contributed by atoms with Crippen LogP contribution in [-0.2, 0) is 29.1 Å². The van der Waals surface area contributed by atoms with Crippen molar-refractivity contribution in [1.82, 2.24) is 39.8 Å². The minimum Gasteiger partial charge on any atom is -0.483 e. The number of aromatic nitrogens is 7. The predicted octanol–water partition coefficient (Wildman–Crippen LogP) is -0.167. The Hall–Kier alpha value is -3.63.